The van der Waals surface area contributed by atoms with E-state index in [-0.39, 0.29) is 35.3 Å². The van der Waals surface area contributed by atoms with Gasteiger partial charge in [-0.1, -0.05) is 63.2 Å². The molecule has 0 radical (unpaired) electrons. The topological polar surface area (TPSA) is 96.1 Å². The first kappa shape index (κ1) is 26.0. The molecule has 36 heavy (non-hydrogen) atoms. The molecular weight excluding hydrogens is 454 g/mol. The molecule has 2 heterocycles. The van der Waals surface area contributed by atoms with Gasteiger partial charge < -0.3 is 20.5 Å². The molecule has 3 atom stereocenters. The molecule has 194 valence electrons. The second-order valence-corrected chi connectivity index (χ2v) is 11.4. The van der Waals surface area contributed by atoms with Crippen LogP contribution < -0.4 is 5.73 Å². The Morgan fingerprint density at radius 2 is 1.72 bits per heavy atom. The molecule has 7 nitrogen and oxygen atoms in total. The average molecular weight is 494 g/mol. The molecule has 2 fully saturated rings. The number of aromatic hydroxyl groups is 1. The van der Waals surface area contributed by atoms with E-state index in [2.05, 4.69) is 25.7 Å². The normalized spacial score (nSPS) is 21.8. The summed E-state index contributed by atoms with van der Waals surface area (Å²) in [4.78, 5) is 29.1. The van der Waals surface area contributed by atoms with Gasteiger partial charge >= 0.3 is 6.09 Å². The van der Waals surface area contributed by atoms with Crippen LogP contribution in [-0.2, 0) is 11.3 Å². The molecule has 0 saturated carbocycles. The van der Waals surface area contributed by atoms with Gasteiger partial charge in [0.05, 0.1) is 5.56 Å². The molecule has 0 aromatic heterocycles. The fraction of sp³-hybridized carbons (Fsp3) is 0.517. The third-order valence-electron chi connectivity index (χ3n) is 7.41. The smallest absolute Gasteiger partial charge is 0.410 e. The van der Waals surface area contributed by atoms with Crippen molar-refractivity contribution in [2.24, 2.45) is 11.1 Å². The molecule has 4 rings (SSSR count). The van der Waals surface area contributed by atoms with Crippen LogP contribution in [0.4, 0.5) is 4.79 Å². The number of para-hydroxylation sites is 1. The van der Waals surface area contributed by atoms with Crippen molar-refractivity contribution in [2.75, 3.05) is 19.6 Å². The van der Waals surface area contributed by atoms with Crippen LogP contribution in [0.5, 0.6) is 5.75 Å². The van der Waals surface area contributed by atoms with Gasteiger partial charge in [0.25, 0.3) is 5.91 Å². The summed E-state index contributed by atoms with van der Waals surface area (Å²) >= 11 is 0. The highest BCUT2D eigenvalue weighted by molar-refractivity contribution is 5.96. The van der Waals surface area contributed by atoms with Crippen molar-refractivity contribution in [2.45, 2.75) is 71.1 Å². The van der Waals surface area contributed by atoms with E-state index in [0.717, 1.165) is 43.4 Å². The Balaban J connectivity index is 1.39. The number of hydrogen-bond acceptors (Lipinski definition) is 5. The van der Waals surface area contributed by atoms with Gasteiger partial charge in [-0.2, -0.15) is 0 Å². The quantitative estimate of drug-likeness (QED) is 0.546. The van der Waals surface area contributed by atoms with Crippen molar-refractivity contribution in [1.29, 1.82) is 0 Å². The van der Waals surface area contributed by atoms with Crippen molar-refractivity contribution in [3.8, 4) is 5.75 Å². The Labute approximate surface area is 214 Å². The minimum Gasteiger partial charge on any atom is -0.507 e. The number of rotatable bonds is 8. The Hall–Kier alpha value is -3.06. The lowest BCUT2D eigenvalue weighted by Crippen LogP contribution is -2.48. The lowest BCUT2D eigenvalue weighted by Gasteiger charge is -2.40. The summed E-state index contributed by atoms with van der Waals surface area (Å²) in [5, 5.41) is 10.7. The Bertz CT molecular complexity index is 1050. The third-order valence-corrected chi connectivity index (χ3v) is 7.41. The zero-order valence-electron chi connectivity index (χ0n) is 21.7. The molecule has 3 N–H and O–H groups in total. The number of nitrogens with two attached hydrogens (primary N) is 1. The van der Waals surface area contributed by atoms with Crippen molar-refractivity contribution in [3.05, 3.63) is 65.2 Å². The molecule has 7 heteroatoms. The van der Waals surface area contributed by atoms with Gasteiger partial charge in [-0.15, -0.1) is 0 Å². The van der Waals surface area contributed by atoms with E-state index in [1.54, 1.807) is 12.1 Å². The van der Waals surface area contributed by atoms with Crippen LogP contribution in [0.2, 0.25) is 0 Å². The fourth-order valence-corrected chi connectivity index (χ4v) is 5.84. The number of carbonyl (C=O) groups excluding carboxylic acids is 2. The highest BCUT2D eigenvalue weighted by atomic mass is 16.6. The molecule has 2 saturated heterocycles. The monoisotopic (exact) mass is 493 g/mol. The number of primary amides is 1. The summed E-state index contributed by atoms with van der Waals surface area (Å²) in [6.45, 7) is 8.70. The van der Waals surface area contributed by atoms with Crippen LogP contribution in [0.1, 0.15) is 73.9 Å². The number of benzene rings is 2. The lowest BCUT2D eigenvalue weighted by atomic mass is 9.83. The molecule has 2 aromatic carbocycles. The molecule has 0 aliphatic carbocycles. The number of amides is 2. The summed E-state index contributed by atoms with van der Waals surface area (Å²) < 4.78 is 5.67. The molecular formula is C29H39N3O4. The van der Waals surface area contributed by atoms with Crippen LogP contribution >= 0.6 is 0 Å². The second-order valence-electron chi connectivity index (χ2n) is 11.4. The zero-order chi connectivity index (χ0) is 25.9. The first-order valence-electron chi connectivity index (χ1n) is 13.0. The van der Waals surface area contributed by atoms with Crippen molar-refractivity contribution < 1.29 is 19.4 Å². The van der Waals surface area contributed by atoms with Crippen molar-refractivity contribution in [3.63, 3.8) is 0 Å². The maximum Gasteiger partial charge on any atom is 0.410 e. The van der Waals surface area contributed by atoms with Gasteiger partial charge in [0.2, 0.25) is 0 Å². The fourth-order valence-electron chi connectivity index (χ4n) is 5.84. The highest BCUT2D eigenvalue weighted by Gasteiger charge is 2.42. The summed E-state index contributed by atoms with van der Waals surface area (Å²) in [5.74, 6) is -0.382. The number of ether oxygens (including phenoxy) is 1. The van der Waals surface area contributed by atoms with Crippen LogP contribution in [0.15, 0.2) is 48.5 Å². The minimum atomic E-state index is -0.604. The van der Waals surface area contributed by atoms with Gasteiger partial charge in [-0.05, 0) is 54.2 Å². The van der Waals surface area contributed by atoms with Crippen LogP contribution in [0, 0.1) is 5.41 Å². The van der Waals surface area contributed by atoms with Crippen molar-refractivity contribution in [1.82, 2.24) is 9.80 Å². The van der Waals surface area contributed by atoms with E-state index in [1.807, 2.05) is 41.3 Å². The predicted octanol–water partition coefficient (Wildman–Crippen LogP) is 4.89. The number of nitrogens with zero attached hydrogens (tertiary/aromatic N) is 2. The molecule has 2 bridgehead atoms. The Morgan fingerprint density at radius 3 is 2.33 bits per heavy atom. The summed E-state index contributed by atoms with van der Waals surface area (Å²) in [6, 6.07) is 15.8. The first-order valence-corrected chi connectivity index (χ1v) is 13.0. The number of fused-ring (bicyclic) bond motifs is 2. The van der Waals surface area contributed by atoms with Gasteiger partial charge in [0.15, 0.2) is 0 Å². The van der Waals surface area contributed by atoms with Crippen LogP contribution in [0.3, 0.4) is 0 Å². The number of phenols is 1. The van der Waals surface area contributed by atoms with E-state index in [9.17, 15) is 14.7 Å². The minimum absolute atomic E-state index is 0.0281. The van der Waals surface area contributed by atoms with E-state index in [4.69, 9.17) is 10.5 Å². The molecule has 0 spiro atoms. The number of piperidine rings is 1. The van der Waals surface area contributed by atoms with Gasteiger partial charge in [0, 0.05) is 31.7 Å². The second kappa shape index (κ2) is 10.9. The molecule has 1 unspecified atom stereocenters. The maximum absolute atomic E-state index is 13.0. The molecule has 2 aliphatic heterocycles. The summed E-state index contributed by atoms with van der Waals surface area (Å²) in [5.41, 5.74) is 7.39. The largest absolute Gasteiger partial charge is 0.507 e. The SMILES string of the molecule is CC(C)(C)CN(CCN1[C@@H]2CC[C@H]1CC(c1cccc(C(N)=O)c1O)C2)C(=O)OCc1ccccc1. The van der Waals surface area contributed by atoms with Gasteiger partial charge in [0.1, 0.15) is 12.4 Å². The van der Waals surface area contributed by atoms with Gasteiger partial charge in [-0.3, -0.25) is 9.69 Å². The van der Waals surface area contributed by atoms with E-state index in [0.29, 0.717) is 25.2 Å². The Morgan fingerprint density at radius 1 is 1.06 bits per heavy atom. The molecule has 2 aromatic rings. The standard InChI is InChI=1S/C29H39N3O4/c1-29(2,3)19-31(28(35)36-18-20-8-5-4-6-9-20)14-15-32-22-12-13-23(32)17-21(16-22)24-10-7-11-25(26(24)33)27(30)34/h4-11,21-23,33H,12-19H2,1-3H3,(H2,30,34)/t21?,22-,23+. The lowest BCUT2D eigenvalue weighted by molar-refractivity contribution is 0.0659. The zero-order valence-corrected chi connectivity index (χ0v) is 21.7. The summed E-state index contributed by atoms with van der Waals surface area (Å²) in [7, 11) is 0. The number of hydrogen-bond donors (Lipinski definition) is 2. The van der Waals surface area contributed by atoms with Crippen molar-refractivity contribution >= 4 is 12.0 Å². The van der Waals surface area contributed by atoms with Crippen LogP contribution in [-0.4, -0.2) is 58.6 Å². The van der Waals surface area contributed by atoms with Crippen LogP contribution in [0.25, 0.3) is 0 Å². The number of carbonyl (C=O) groups is 2. The molecule has 2 aliphatic rings. The van der Waals surface area contributed by atoms with E-state index < -0.39 is 5.91 Å². The third kappa shape index (κ3) is 6.19. The molecule has 2 amide bonds. The highest BCUT2D eigenvalue weighted by Crippen LogP contribution is 2.45. The predicted molar refractivity (Wildman–Crippen MR) is 140 cm³/mol. The Kier molecular flexibility index (Phi) is 7.88. The van der Waals surface area contributed by atoms with Gasteiger partial charge in [-0.25, -0.2) is 4.79 Å². The summed E-state index contributed by atoms with van der Waals surface area (Å²) in [6.07, 6.45) is 3.78. The van der Waals surface area contributed by atoms with E-state index in [1.165, 1.54) is 0 Å². The van der Waals surface area contributed by atoms with E-state index >= 15 is 0 Å². The maximum atomic E-state index is 13.0. The first-order chi connectivity index (χ1) is 17.1. The average Bonchev–Trinajstić information content (AvgIpc) is 3.06.